The Kier molecular flexibility index (Phi) is 5.74. The summed E-state index contributed by atoms with van der Waals surface area (Å²) in [5.74, 6) is -1.77. The second-order valence-corrected chi connectivity index (χ2v) is 8.30. The highest BCUT2D eigenvalue weighted by Crippen LogP contribution is 2.27. The number of anilines is 1. The van der Waals surface area contributed by atoms with Crippen molar-refractivity contribution in [3.8, 4) is 0 Å². The fraction of sp³-hybridized carbons (Fsp3) is 0.107. The second kappa shape index (κ2) is 9.02. The SMILES string of the molecule is CCc1ccc(N2C(=O)NC(=O)C(=Cc3cn(Cc4ccccc4F)c4ccccc34)C2=O)cc1. The van der Waals surface area contributed by atoms with Crippen LogP contribution in [-0.2, 0) is 22.6 Å². The minimum atomic E-state index is -0.789. The Morgan fingerprint density at radius 2 is 1.63 bits per heavy atom. The average Bonchev–Trinajstić information content (AvgIpc) is 3.20. The van der Waals surface area contributed by atoms with E-state index in [0.717, 1.165) is 27.8 Å². The number of nitrogens with zero attached hydrogens (tertiary/aromatic N) is 2. The Hall–Kier alpha value is -4.52. The van der Waals surface area contributed by atoms with Crippen LogP contribution in [0.3, 0.4) is 0 Å². The highest BCUT2D eigenvalue weighted by molar-refractivity contribution is 6.39. The van der Waals surface area contributed by atoms with Crippen molar-refractivity contribution in [1.29, 1.82) is 0 Å². The van der Waals surface area contributed by atoms with E-state index in [9.17, 15) is 18.8 Å². The number of benzene rings is 3. The summed E-state index contributed by atoms with van der Waals surface area (Å²) >= 11 is 0. The molecule has 4 aromatic rings. The Balaban J connectivity index is 1.56. The van der Waals surface area contributed by atoms with Crippen LogP contribution >= 0.6 is 0 Å². The van der Waals surface area contributed by atoms with Crippen molar-refractivity contribution < 1.29 is 18.8 Å². The molecule has 0 atom stereocenters. The molecule has 0 spiro atoms. The third kappa shape index (κ3) is 4.12. The zero-order chi connectivity index (χ0) is 24.5. The number of carbonyl (C=O) groups is 3. The normalized spacial score (nSPS) is 15.2. The molecule has 174 valence electrons. The number of imide groups is 2. The summed E-state index contributed by atoms with van der Waals surface area (Å²) in [6, 6.07) is 20.3. The summed E-state index contributed by atoms with van der Waals surface area (Å²) in [6.07, 6.45) is 4.08. The highest BCUT2D eigenvalue weighted by Gasteiger charge is 2.37. The number of rotatable bonds is 5. The number of aryl methyl sites for hydroxylation is 1. The van der Waals surface area contributed by atoms with Crippen LogP contribution in [0.25, 0.3) is 17.0 Å². The molecule has 6 nitrogen and oxygen atoms in total. The van der Waals surface area contributed by atoms with Crippen LogP contribution in [0.15, 0.2) is 84.6 Å². The van der Waals surface area contributed by atoms with Gasteiger partial charge in [-0.2, -0.15) is 0 Å². The maximum Gasteiger partial charge on any atom is 0.335 e. The molecule has 7 heteroatoms. The largest absolute Gasteiger partial charge is 0.342 e. The molecule has 0 saturated carbocycles. The van der Waals surface area contributed by atoms with Gasteiger partial charge in [0, 0.05) is 28.2 Å². The van der Waals surface area contributed by atoms with Gasteiger partial charge in [-0.1, -0.05) is 55.5 Å². The Morgan fingerprint density at radius 1 is 0.914 bits per heavy atom. The first-order valence-corrected chi connectivity index (χ1v) is 11.3. The smallest absolute Gasteiger partial charge is 0.335 e. The third-order valence-corrected chi connectivity index (χ3v) is 6.12. The quantitative estimate of drug-likeness (QED) is 0.330. The summed E-state index contributed by atoms with van der Waals surface area (Å²) in [5.41, 5.74) is 3.25. The summed E-state index contributed by atoms with van der Waals surface area (Å²) in [5, 5.41) is 3.06. The predicted molar refractivity (Wildman–Crippen MR) is 132 cm³/mol. The van der Waals surface area contributed by atoms with Gasteiger partial charge in [-0.15, -0.1) is 0 Å². The van der Waals surface area contributed by atoms with Crippen LogP contribution in [0.5, 0.6) is 0 Å². The van der Waals surface area contributed by atoms with Crippen molar-refractivity contribution in [2.45, 2.75) is 19.9 Å². The van der Waals surface area contributed by atoms with Crippen LogP contribution in [-0.4, -0.2) is 22.4 Å². The van der Waals surface area contributed by atoms with E-state index in [-0.39, 0.29) is 17.9 Å². The first-order valence-electron chi connectivity index (χ1n) is 11.3. The molecule has 1 fully saturated rings. The standard InChI is InChI=1S/C28H22FN3O3/c1-2-18-11-13-21(14-12-18)32-27(34)23(26(33)30-28(32)35)15-20-17-31(25-10-6-4-8-22(20)25)16-19-7-3-5-9-24(19)29/h3-15,17H,2,16H2,1H3,(H,30,33,35). The van der Waals surface area contributed by atoms with Crippen LogP contribution in [0.2, 0.25) is 0 Å². The number of amides is 4. The fourth-order valence-electron chi connectivity index (χ4n) is 4.26. The Bertz CT molecular complexity index is 1500. The third-order valence-electron chi connectivity index (χ3n) is 6.12. The van der Waals surface area contributed by atoms with E-state index >= 15 is 0 Å². The van der Waals surface area contributed by atoms with Gasteiger partial charge in [0.25, 0.3) is 11.8 Å². The van der Waals surface area contributed by atoms with Crippen molar-refractivity contribution in [2.75, 3.05) is 4.90 Å². The lowest BCUT2D eigenvalue weighted by Crippen LogP contribution is -2.54. The molecule has 0 unspecified atom stereocenters. The van der Waals surface area contributed by atoms with Gasteiger partial charge in [0.2, 0.25) is 0 Å². The maximum atomic E-state index is 14.3. The topological polar surface area (TPSA) is 71.4 Å². The Morgan fingerprint density at radius 3 is 2.37 bits per heavy atom. The van der Waals surface area contributed by atoms with E-state index < -0.39 is 17.8 Å². The molecule has 1 aliphatic rings. The molecule has 1 aromatic heterocycles. The van der Waals surface area contributed by atoms with Gasteiger partial charge in [-0.25, -0.2) is 14.1 Å². The molecule has 0 aliphatic carbocycles. The molecule has 1 N–H and O–H groups in total. The first kappa shape index (κ1) is 22.3. The van der Waals surface area contributed by atoms with Gasteiger partial charge in [-0.05, 0) is 42.3 Å². The lowest BCUT2D eigenvalue weighted by molar-refractivity contribution is -0.122. The minimum absolute atomic E-state index is 0.155. The first-order chi connectivity index (χ1) is 17.0. The molecule has 0 bridgehead atoms. The number of aromatic nitrogens is 1. The summed E-state index contributed by atoms with van der Waals surface area (Å²) in [4.78, 5) is 39.5. The number of hydrogen-bond acceptors (Lipinski definition) is 3. The second-order valence-electron chi connectivity index (χ2n) is 8.30. The van der Waals surface area contributed by atoms with Crippen molar-refractivity contribution in [2.24, 2.45) is 0 Å². The van der Waals surface area contributed by atoms with Crippen LogP contribution in [0, 0.1) is 5.82 Å². The van der Waals surface area contributed by atoms with Crippen LogP contribution in [0.4, 0.5) is 14.9 Å². The lowest BCUT2D eigenvalue weighted by Gasteiger charge is -2.26. The van der Waals surface area contributed by atoms with Crippen LogP contribution < -0.4 is 10.2 Å². The van der Waals surface area contributed by atoms with Gasteiger partial charge in [0.1, 0.15) is 11.4 Å². The van der Waals surface area contributed by atoms with Crippen molar-refractivity contribution in [1.82, 2.24) is 9.88 Å². The zero-order valence-corrected chi connectivity index (χ0v) is 19.0. The van der Waals surface area contributed by atoms with E-state index in [1.165, 1.54) is 12.1 Å². The van der Waals surface area contributed by atoms with E-state index in [0.29, 0.717) is 16.8 Å². The molecular weight excluding hydrogens is 445 g/mol. The maximum absolute atomic E-state index is 14.3. The Labute approximate surface area is 201 Å². The fourth-order valence-corrected chi connectivity index (χ4v) is 4.26. The lowest BCUT2D eigenvalue weighted by atomic mass is 10.1. The van der Waals surface area contributed by atoms with E-state index in [1.807, 2.05) is 47.9 Å². The van der Waals surface area contributed by atoms with Crippen molar-refractivity contribution in [3.05, 3.63) is 107 Å². The monoisotopic (exact) mass is 467 g/mol. The van der Waals surface area contributed by atoms with Crippen molar-refractivity contribution >= 4 is 40.5 Å². The molecule has 2 heterocycles. The number of nitrogens with one attached hydrogen (secondary N) is 1. The number of para-hydroxylation sites is 1. The van der Waals surface area contributed by atoms with Crippen molar-refractivity contribution in [3.63, 3.8) is 0 Å². The number of halogens is 1. The predicted octanol–water partition coefficient (Wildman–Crippen LogP) is 5.06. The number of fused-ring (bicyclic) bond motifs is 1. The highest BCUT2D eigenvalue weighted by atomic mass is 19.1. The number of barbiturate groups is 1. The van der Waals surface area contributed by atoms with Gasteiger partial charge < -0.3 is 4.57 Å². The van der Waals surface area contributed by atoms with E-state index in [1.54, 1.807) is 36.5 Å². The molecule has 3 aromatic carbocycles. The van der Waals surface area contributed by atoms with E-state index in [4.69, 9.17) is 0 Å². The van der Waals surface area contributed by atoms with Gasteiger partial charge in [0.05, 0.1) is 12.2 Å². The zero-order valence-electron chi connectivity index (χ0n) is 19.0. The van der Waals surface area contributed by atoms with Gasteiger partial charge in [-0.3, -0.25) is 14.9 Å². The molecular formula is C28H22FN3O3. The molecule has 0 radical (unpaired) electrons. The van der Waals surface area contributed by atoms with Gasteiger partial charge >= 0.3 is 6.03 Å². The number of carbonyl (C=O) groups excluding carboxylic acids is 3. The number of urea groups is 1. The van der Waals surface area contributed by atoms with Crippen LogP contribution in [0.1, 0.15) is 23.6 Å². The molecule has 4 amide bonds. The molecule has 35 heavy (non-hydrogen) atoms. The minimum Gasteiger partial charge on any atom is -0.342 e. The number of hydrogen-bond donors (Lipinski definition) is 1. The van der Waals surface area contributed by atoms with Gasteiger partial charge in [0.15, 0.2) is 0 Å². The molecule has 1 aliphatic heterocycles. The summed E-state index contributed by atoms with van der Waals surface area (Å²) < 4.78 is 16.2. The summed E-state index contributed by atoms with van der Waals surface area (Å²) in [6.45, 7) is 2.29. The van der Waals surface area contributed by atoms with E-state index in [2.05, 4.69) is 5.32 Å². The average molecular weight is 468 g/mol. The summed E-state index contributed by atoms with van der Waals surface area (Å²) in [7, 11) is 0. The molecule has 5 rings (SSSR count). The molecule has 1 saturated heterocycles.